The second-order valence-electron chi connectivity index (χ2n) is 16.1. The molecule has 0 aliphatic rings. The van der Waals surface area contributed by atoms with Gasteiger partial charge < -0.3 is 14.2 Å². The van der Waals surface area contributed by atoms with Crippen molar-refractivity contribution in [1.82, 2.24) is 0 Å². The predicted octanol–water partition coefficient (Wildman–Crippen LogP) is 17.0. The highest BCUT2D eigenvalue weighted by Crippen LogP contribution is 2.11. The van der Waals surface area contributed by atoms with Crippen molar-refractivity contribution in [2.24, 2.45) is 0 Å². The van der Waals surface area contributed by atoms with E-state index in [1.54, 1.807) is 0 Å². The molecular formula is C60H90O6. The first-order valence-electron chi connectivity index (χ1n) is 25.6. The third-order valence-corrected chi connectivity index (χ3v) is 9.94. The third kappa shape index (κ3) is 50.0. The summed E-state index contributed by atoms with van der Waals surface area (Å²) in [5.41, 5.74) is 0. The van der Waals surface area contributed by atoms with Gasteiger partial charge >= 0.3 is 17.9 Å². The standard InChI is InChI=1S/C60H90O6/c1-4-7-10-13-16-19-22-25-27-29-31-32-35-38-41-44-47-50-53-59(62)65-56-57(55-64-58(61)52-49-46-43-40-37-34-24-21-18-15-12-9-6-3)66-60(63)54-51-48-45-42-39-36-33-30-28-26-23-20-17-14-11-8-5-2/h8-9,11-12,15-22,24-29,31-34,36-37,42,45,57H,4-7,10,13-14,23,30,35,38-41,43-44,46-56H2,1-3H3/b11-8+,12-9+,18-15+,19-16+,20-17+,24-21+,25-22+,28-26+,29-27+,32-31+,36-33+,37-34+,45-42+. The Hall–Kier alpha value is -4.97. The Morgan fingerprint density at radius 2 is 0.682 bits per heavy atom. The predicted molar refractivity (Wildman–Crippen MR) is 283 cm³/mol. The van der Waals surface area contributed by atoms with Gasteiger partial charge in [0.2, 0.25) is 0 Å². The first kappa shape index (κ1) is 61.0. The van der Waals surface area contributed by atoms with Crippen molar-refractivity contribution in [2.75, 3.05) is 13.2 Å². The Kier molecular flexibility index (Phi) is 48.7. The van der Waals surface area contributed by atoms with Crippen LogP contribution < -0.4 is 0 Å². The molecule has 0 aliphatic carbocycles. The van der Waals surface area contributed by atoms with Crippen LogP contribution in [0.2, 0.25) is 0 Å². The fourth-order valence-corrected chi connectivity index (χ4v) is 6.14. The number of esters is 3. The number of carbonyl (C=O) groups excluding carboxylic acids is 3. The van der Waals surface area contributed by atoms with Crippen molar-refractivity contribution in [3.63, 3.8) is 0 Å². The minimum Gasteiger partial charge on any atom is -0.462 e. The maximum absolute atomic E-state index is 12.8. The molecule has 1 atom stereocenters. The summed E-state index contributed by atoms with van der Waals surface area (Å²) >= 11 is 0. The Balaban J connectivity index is 4.62. The molecule has 0 N–H and O–H groups in total. The van der Waals surface area contributed by atoms with Gasteiger partial charge in [-0.15, -0.1) is 0 Å². The average Bonchev–Trinajstić information content (AvgIpc) is 3.31. The monoisotopic (exact) mass is 907 g/mol. The molecule has 0 radical (unpaired) electrons. The number of hydrogen-bond acceptors (Lipinski definition) is 6. The van der Waals surface area contributed by atoms with Crippen LogP contribution in [0.15, 0.2) is 158 Å². The lowest BCUT2D eigenvalue weighted by Gasteiger charge is -2.18. The minimum atomic E-state index is -0.842. The molecule has 0 heterocycles. The van der Waals surface area contributed by atoms with E-state index in [0.717, 1.165) is 109 Å². The molecule has 366 valence electrons. The number of rotatable bonds is 43. The summed E-state index contributed by atoms with van der Waals surface area (Å²) in [5.74, 6) is -1.07. The lowest BCUT2D eigenvalue weighted by Crippen LogP contribution is -2.30. The third-order valence-electron chi connectivity index (χ3n) is 9.94. The SMILES string of the molecule is CC/C=C/C=C/C=C/C=C/CCCCCC(=O)OCC(COC(=O)CCCCCCC/C=C/C=C/C=C/C=C/CCCCC)OC(=O)CCC/C=C/C/C=C/C/C=C/C/C=C/C/C=C/CC. The van der Waals surface area contributed by atoms with E-state index in [1.165, 1.54) is 19.3 Å². The maximum Gasteiger partial charge on any atom is 0.306 e. The summed E-state index contributed by atoms with van der Waals surface area (Å²) in [6.45, 7) is 6.21. The van der Waals surface area contributed by atoms with Gasteiger partial charge in [-0.25, -0.2) is 0 Å². The topological polar surface area (TPSA) is 78.9 Å². The summed E-state index contributed by atoms with van der Waals surface area (Å²) in [7, 11) is 0. The molecule has 0 saturated heterocycles. The molecule has 0 aromatic carbocycles. The van der Waals surface area contributed by atoms with E-state index >= 15 is 0 Å². The molecule has 0 aromatic heterocycles. The molecule has 6 heteroatoms. The maximum atomic E-state index is 12.8. The molecular weight excluding hydrogens is 817 g/mol. The summed E-state index contributed by atoms with van der Waals surface area (Å²) in [6, 6.07) is 0. The fourth-order valence-electron chi connectivity index (χ4n) is 6.14. The highest BCUT2D eigenvalue weighted by Gasteiger charge is 2.19. The number of unbranched alkanes of at least 4 members (excludes halogenated alkanes) is 12. The van der Waals surface area contributed by atoms with Gasteiger partial charge in [0.15, 0.2) is 6.10 Å². The quantitative estimate of drug-likeness (QED) is 0.0199. The van der Waals surface area contributed by atoms with Crippen molar-refractivity contribution in [3.05, 3.63) is 158 Å². The average molecular weight is 907 g/mol. The van der Waals surface area contributed by atoms with Gasteiger partial charge in [-0.05, 0) is 103 Å². The second-order valence-corrected chi connectivity index (χ2v) is 16.1. The van der Waals surface area contributed by atoms with E-state index in [-0.39, 0.29) is 38.0 Å². The van der Waals surface area contributed by atoms with Crippen LogP contribution in [-0.4, -0.2) is 37.2 Å². The van der Waals surface area contributed by atoms with Crippen LogP contribution in [0, 0.1) is 0 Å². The minimum absolute atomic E-state index is 0.134. The lowest BCUT2D eigenvalue weighted by atomic mass is 10.1. The van der Waals surface area contributed by atoms with E-state index in [4.69, 9.17) is 14.2 Å². The van der Waals surface area contributed by atoms with E-state index in [0.29, 0.717) is 19.3 Å². The molecule has 66 heavy (non-hydrogen) atoms. The molecule has 1 unspecified atom stereocenters. The van der Waals surface area contributed by atoms with Gasteiger partial charge in [-0.1, -0.05) is 217 Å². The largest absolute Gasteiger partial charge is 0.462 e. The normalized spacial score (nSPS) is 13.4. The van der Waals surface area contributed by atoms with Gasteiger partial charge in [-0.3, -0.25) is 14.4 Å². The number of hydrogen-bond donors (Lipinski definition) is 0. The Bertz CT molecular complexity index is 1560. The number of allylic oxidation sites excluding steroid dienone is 26. The second kappa shape index (κ2) is 52.7. The van der Waals surface area contributed by atoms with Crippen molar-refractivity contribution < 1.29 is 28.6 Å². The fraction of sp³-hybridized carbons (Fsp3) is 0.517. The molecule has 6 nitrogen and oxygen atoms in total. The molecule has 0 amide bonds. The van der Waals surface area contributed by atoms with E-state index in [2.05, 4.69) is 142 Å². The summed E-state index contributed by atoms with van der Waals surface area (Å²) in [6.07, 6.45) is 76.5. The van der Waals surface area contributed by atoms with Gasteiger partial charge in [0.05, 0.1) is 0 Å². The molecule has 0 spiro atoms. The van der Waals surface area contributed by atoms with Crippen LogP contribution in [0.25, 0.3) is 0 Å². The van der Waals surface area contributed by atoms with Crippen molar-refractivity contribution in [3.8, 4) is 0 Å². The molecule has 0 saturated carbocycles. The molecule has 0 rings (SSSR count). The highest BCUT2D eigenvalue weighted by molar-refractivity contribution is 5.71. The van der Waals surface area contributed by atoms with Crippen molar-refractivity contribution >= 4 is 17.9 Å². The Morgan fingerprint density at radius 1 is 0.333 bits per heavy atom. The van der Waals surface area contributed by atoms with E-state index < -0.39 is 12.1 Å². The molecule has 0 aliphatic heterocycles. The van der Waals surface area contributed by atoms with Gasteiger partial charge in [-0.2, -0.15) is 0 Å². The molecule has 0 bridgehead atoms. The zero-order valence-electron chi connectivity index (χ0n) is 41.6. The van der Waals surface area contributed by atoms with Gasteiger partial charge in [0.25, 0.3) is 0 Å². The van der Waals surface area contributed by atoms with Gasteiger partial charge in [0.1, 0.15) is 13.2 Å². The molecule has 0 fully saturated rings. The lowest BCUT2D eigenvalue weighted by molar-refractivity contribution is -0.167. The molecule has 0 aromatic rings. The first-order valence-corrected chi connectivity index (χ1v) is 25.6. The number of ether oxygens (including phenoxy) is 3. The summed E-state index contributed by atoms with van der Waals surface area (Å²) in [5, 5.41) is 0. The van der Waals surface area contributed by atoms with E-state index in [1.807, 2.05) is 36.5 Å². The van der Waals surface area contributed by atoms with Crippen LogP contribution >= 0.6 is 0 Å². The van der Waals surface area contributed by atoms with E-state index in [9.17, 15) is 14.4 Å². The summed E-state index contributed by atoms with van der Waals surface area (Å²) < 4.78 is 16.7. The van der Waals surface area contributed by atoms with Crippen LogP contribution in [-0.2, 0) is 28.6 Å². The van der Waals surface area contributed by atoms with Gasteiger partial charge in [0, 0.05) is 19.3 Å². The van der Waals surface area contributed by atoms with Crippen LogP contribution in [0.4, 0.5) is 0 Å². The first-order chi connectivity index (χ1) is 32.5. The Labute approximate surface area is 403 Å². The number of carbonyl (C=O) groups is 3. The van der Waals surface area contributed by atoms with Crippen molar-refractivity contribution in [2.45, 2.75) is 187 Å². The van der Waals surface area contributed by atoms with Crippen LogP contribution in [0.5, 0.6) is 0 Å². The van der Waals surface area contributed by atoms with Crippen LogP contribution in [0.1, 0.15) is 181 Å². The Morgan fingerprint density at radius 3 is 1.15 bits per heavy atom. The summed E-state index contributed by atoms with van der Waals surface area (Å²) in [4.78, 5) is 38.0. The van der Waals surface area contributed by atoms with Crippen molar-refractivity contribution in [1.29, 1.82) is 0 Å². The zero-order valence-corrected chi connectivity index (χ0v) is 41.6. The highest BCUT2D eigenvalue weighted by atomic mass is 16.6. The smallest absolute Gasteiger partial charge is 0.306 e. The van der Waals surface area contributed by atoms with Crippen LogP contribution in [0.3, 0.4) is 0 Å². The zero-order chi connectivity index (χ0) is 47.9.